The fourth-order valence-corrected chi connectivity index (χ4v) is 1.47. The van der Waals surface area contributed by atoms with Gasteiger partial charge in [-0.05, 0) is 37.6 Å². The first-order valence-electron chi connectivity index (χ1n) is 5.97. The van der Waals surface area contributed by atoms with Crippen molar-refractivity contribution in [3.8, 4) is 0 Å². The van der Waals surface area contributed by atoms with Crippen LogP contribution < -0.4 is 10.6 Å². The third kappa shape index (κ3) is 6.22. The van der Waals surface area contributed by atoms with Crippen molar-refractivity contribution < 1.29 is 14.7 Å². The topological polar surface area (TPSA) is 78.4 Å². The lowest BCUT2D eigenvalue weighted by Crippen LogP contribution is -2.37. The lowest BCUT2D eigenvalue weighted by atomic mass is 10.2. The lowest BCUT2D eigenvalue weighted by Gasteiger charge is -2.08. The zero-order valence-electron chi connectivity index (χ0n) is 10.6. The van der Waals surface area contributed by atoms with Gasteiger partial charge in [0.25, 0.3) is 5.91 Å². The molecule has 104 valence electrons. The van der Waals surface area contributed by atoms with Crippen molar-refractivity contribution in [2.45, 2.75) is 19.4 Å². The number of rotatable bonds is 6. The predicted octanol–water partition coefficient (Wildman–Crippen LogP) is 0.957. The van der Waals surface area contributed by atoms with E-state index in [1.165, 1.54) is 0 Å². The Balaban J connectivity index is 2.30. The molecule has 1 aromatic rings. The van der Waals surface area contributed by atoms with Crippen molar-refractivity contribution in [3.05, 3.63) is 34.9 Å². The molecule has 1 atom stereocenters. The number of hydrogen-bond donors (Lipinski definition) is 3. The molecule has 1 unspecified atom stereocenters. The van der Waals surface area contributed by atoms with Crippen molar-refractivity contribution >= 4 is 23.4 Å². The molecule has 0 aliphatic heterocycles. The average Bonchev–Trinajstić information content (AvgIpc) is 2.36. The Morgan fingerprint density at radius 3 is 2.47 bits per heavy atom. The van der Waals surface area contributed by atoms with E-state index in [-0.39, 0.29) is 18.4 Å². The van der Waals surface area contributed by atoms with E-state index in [4.69, 9.17) is 16.7 Å². The standard InChI is InChI=1S/C13H17ClN2O3/c1-9(17)6-7-15-12(18)8-16-13(19)10-2-4-11(14)5-3-10/h2-5,9,17H,6-8H2,1H3,(H,15,18)(H,16,19). The van der Waals surface area contributed by atoms with Gasteiger partial charge >= 0.3 is 0 Å². The van der Waals surface area contributed by atoms with Crippen molar-refractivity contribution in [3.63, 3.8) is 0 Å². The Kier molecular flexibility index (Phi) is 6.32. The van der Waals surface area contributed by atoms with Gasteiger partial charge < -0.3 is 15.7 Å². The van der Waals surface area contributed by atoms with Crippen LogP contribution >= 0.6 is 11.6 Å². The highest BCUT2D eigenvalue weighted by molar-refractivity contribution is 6.30. The normalized spacial score (nSPS) is 11.7. The van der Waals surface area contributed by atoms with E-state index < -0.39 is 6.10 Å². The summed E-state index contributed by atoms with van der Waals surface area (Å²) in [6.45, 7) is 1.93. The van der Waals surface area contributed by atoms with Crippen LogP contribution in [-0.4, -0.2) is 36.1 Å². The smallest absolute Gasteiger partial charge is 0.251 e. The van der Waals surface area contributed by atoms with Crippen molar-refractivity contribution in [2.75, 3.05) is 13.1 Å². The fourth-order valence-electron chi connectivity index (χ4n) is 1.35. The van der Waals surface area contributed by atoms with E-state index in [2.05, 4.69) is 10.6 Å². The minimum atomic E-state index is -0.455. The van der Waals surface area contributed by atoms with E-state index in [0.29, 0.717) is 23.6 Å². The molecule has 0 aromatic heterocycles. The monoisotopic (exact) mass is 284 g/mol. The summed E-state index contributed by atoms with van der Waals surface area (Å²) >= 11 is 5.71. The number of nitrogens with one attached hydrogen (secondary N) is 2. The zero-order valence-corrected chi connectivity index (χ0v) is 11.4. The fraction of sp³-hybridized carbons (Fsp3) is 0.385. The molecule has 5 nitrogen and oxygen atoms in total. The quantitative estimate of drug-likeness (QED) is 0.728. The van der Waals surface area contributed by atoms with Crippen LogP contribution in [0, 0.1) is 0 Å². The first-order valence-corrected chi connectivity index (χ1v) is 6.35. The highest BCUT2D eigenvalue weighted by Crippen LogP contribution is 2.09. The van der Waals surface area contributed by atoms with Crippen LogP contribution in [0.3, 0.4) is 0 Å². The lowest BCUT2D eigenvalue weighted by molar-refractivity contribution is -0.120. The van der Waals surface area contributed by atoms with Crippen LogP contribution in [-0.2, 0) is 4.79 Å². The van der Waals surface area contributed by atoms with Gasteiger partial charge in [0, 0.05) is 17.1 Å². The molecule has 6 heteroatoms. The van der Waals surface area contributed by atoms with Crippen molar-refractivity contribution in [1.82, 2.24) is 10.6 Å². The number of carbonyl (C=O) groups excluding carboxylic acids is 2. The van der Waals surface area contributed by atoms with Gasteiger partial charge in [0.05, 0.1) is 12.6 Å². The van der Waals surface area contributed by atoms with Gasteiger partial charge in [-0.25, -0.2) is 0 Å². The summed E-state index contributed by atoms with van der Waals surface area (Å²) in [5.41, 5.74) is 0.446. The van der Waals surface area contributed by atoms with Crippen LogP contribution in [0.4, 0.5) is 0 Å². The minimum Gasteiger partial charge on any atom is -0.393 e. The molecule has 0 saturated carbocycles. The number of halogens is 1. The van der Waals surface area contributed by atoms with Crippen molar-refractivity contribution in [2.24, 2.45) is 0 Å². The van der Waals surface area contributed by atoms with E-state index in [1.807, 2.05) is 0 Å². The third-order valence-electron chi connectivity index (χ3n) is 2.40. The molecule has 0 radical (unpaired) electrons. The number of aliphatic hydroxyl groups excluding tert-OH is 1. The van der Waals surface area contributed by atoms with Crippen LogP contribution in [0.15, 0.2) is 24.3 Å². The molecule has 0 heterocycles. The number of aliphatic hydroxyl groups is 1. The van der Waals surface area contributed by atoms with Gasteiger partial charge in [-0.1, -0.05) is 11.6 Å². The largest absolute Gasteiger partial charge is 0.393 e. The maximum atomic E-state index is 11.7. The number of hydrogen-bond acceptors (Lipinski definition) is 3. The van der Waals surface area contributed by atoms with Gasteiger partial charge in [0.2, 0.25) is 5.91 Å². The second-order valence-electron chi connectivity index (χ2n) is 4.18. The first kappa shape index (κ1) is 15.5. The second-order valence-corrected chi connectivity index (χ2v) is 4.61. The molecule has 0 aliphatic carbocycles. The molecule has 19 heavy (non-hydrogen) atoms. The maximum Gasteiger partial charge on any atom is 0.251 e. The number of benzene rings is 1. The predicted molar refractivity (Wildman–Crippen MR) is 73.1 cm³/mol. The first-order chi connectivity index (χ1) is 8.99. The summed E-state index contributed by atoms with van der Waals surface area (Å²) in [6, 6.07) is 6.39. The highest BCUT2D eigenvalue weighted by atomic mass is 35.5. The molecular formula is C13H17ClN2O3. The zero-order chi connectivity index (χ0) is 14.3. The van der Waals surface area contributed by atoms with Crippen molar-refractivity contribution in [1.29, 1.82) is 0 Å². The summed E-state index contributed by atoms with van der Waals surface area (Å²) in [5, 5.41) is 14.7. The van der Waals surface area contributed by atoms with Gasteiger partial charge in [-0.2, -0.15) is 0 Å². The molecule has 1 rings (SSSR count). The van der Waals surface area contributed by atoms with Crippen LogP contribution in [0.5, 0.6) is 0 Å². The Labute approximate surface area is 117 Å². The molecule has 0 bridgehead atoms. The van der Waals surface area contributed by atoms with Gasteiger partial charge in [-0.15, -0.1) is 0 Å². The number of carbonyl (C=O) groups is 2. The van der Waals surface area contributed by atoms with Crippen LogP contribution in [0.2, 0.25) is 5.02 Å². The van der Waals surface area contributed by atoms with Crippen LogP contribution in [0.25, 0.3) is 0 Å². The molecule has 2 amide bonds. The summed E-state index contributed by atoms with van der Waals surface area (Å²) in [4.78, 5) is 23.1. The Hall–Kier alpha value is -1.59. The maximum absolute atomic E-state index is 11.7. The number of amides is 2. The van der Waals surface area contributed by atoms with E-state index in [9.17, 15) is 9.59 Å². The Morgan fingerprint density at radius 2 is 1.89 bits per heavy atom. The van der Waals surface area contributed by atoms with E-state index in [1.54, 1.807) is 31.2 Å². The van der Waals surface area contributed by atoms with E-state index >= 15 is 0 Å². The Morgan fingerprint density at radius 1 is 1.26 bits per heavy atom. The summed E-state index contributed by atoms with van der Waals surface area (Å²) in [5.74, 6) is -0.620. The molecule has 3 N–H and O–H groups in total. The average molecular weight is 285 g/mol. The second kappa shape index (κ2) is 7.76. The summed E-state index contributed by atoms with van der Waals surface area (Å²) in [6.07, 6.45) is 0.0283. The molecule has 0 aliphatic rings. The molecule has 0 fully saturated rings. The molecule has 0 spiro atoms. The van der Waals surface area contributed by atoms with Gasteiger partial charge in [0.1, 0.15) is 0 Å². The van der Waals surface area contributed by atoms with Gasteiger partial charge in [-0.3, -0.25) is 9.59 Å². The molecule has 0 saturated heterocycles. The summed E-state index contributed by atoms with van der Waals surface area (Å²) in [7, 11) is 0. The third-order valence-corrected chi connectivity index (χ3v) is 2.65. The summed E-state index contributed by atoms with van der Waals surface area (Å²) < 4.78 is 0. The van der Waals surface area contributed by atoms with E-state index in [0.717, 1.165) is 0 Å². The van der Waals surface area contributed by atoms with Crippen LogP contribution in [0.1, 0.15) is 23.7 Å². The minimum absolute atomic E-state index is 0.0960. The highest BCUT2D eigenvalue weighted by Gasteiger charge is 2.07. The molecule has 1 aromatic carbocycles. The Bertz CT molecular complexity index is 432. The SMILES string of the molecule is CC(O)CCNC(=O)CNC(=O)c1ccc(Cl)cc1. The molecular weight excluding hydrogens is 268 g/mol. The van der Waals surface area contributed by atoms with Gasteiger partial charge in [0.15, 0.2) is 0 Å².